The fourth-order valence-corrected chi connectivity index (χ4v) is 2.48. The standard InChI is InChI=1S/C19H26N4O4/c1-5-9-23-12-15(19(22-23)27-10-6-2)18(25)21-16-11-14(20-13(3)24)7-8-17(16)26-4/h7-8,11-12H,5-6,9-10H2,1-4H3,(H,20,24)(H,21,25). The highest BCUT2D eigenvalue weighted by molar-refractivity contribution is 6.07. The number of rotatable bonds is 9. The number of aryl methyl sites for hydroxylation is 1. The van der Waals surface area contributed by atoms with E-state index in [4.69, 9.17) is 9.47 Å². The Bertz CT molecular complexity index is 801. The Hall–Kier alpha value is -3.03. The number of benzene rings is 1. The molecule has 0 atom stereocenters. The fraction of sp³-hybridized carbons (Fsp3) is 0.421. The minimum Gasteiger partial charge on any atom is -0.495 e. The van der Waals surface area contributed by atoms with E-state index in [-0.39, 0.29) is 11.8 Å². The number of ether oxygens (including phenoxy) is 2. The van der Waals surface area contributed by atoms with Gasteiger partial charge in [0, 0.05) is 25.4 Å². The van der Waals surface area contributed by atoms with Crippen LogP contribution in [0.25, 0.3) is 0 Å². The summed E-state index contributed by atoms with van der Waals surface area (Å²) in [6.07, 6.45) is 3.38. The van der Waals surface area contributed by atoms with Crippen LogP contribution in [0.3, 0.4) is 0 Å². The molecule has 8 nitrogen and oxygen atoms in total. The van der Waals surface area contributed by atoms with Crippen molar-refractivity contribution in [2.24, 2.45) is 0 Å². The molecule has 27 heavy (non-hydrogen) atoms. The number of amides is 2. The number of nitrogens with one attached hydrogen (secondary N) is 2. The van der Waals surface area contributed by atoms with Gasteiger partial charge in [0.15, 0.2) is 0 Å². The summed E-state index contributed by atoms with van der Waals surface area (Å²) in [6.45, 7) is 6.61. The van der Waals surface area contributed by atoms with Crippen molar-refractivity contribution in [3.05, 3.63) is 30.0 Å². The van der Waals surface area contributed by atoms with E-state index in [1.54, 1.807) is 29.1 Å². The summed E-state index contributed by atoms with van der Waals surface area (Å²) in [5, 5.41) is 9.84. The molecular formula is C19H26N4O4. The molecule has 8 heteroatoms. The van der Waals surface area contributed by atoms with Gasteiger partial charge in [0.25, 0.3) is 5.91 Å². The van der Waals surface area contributed by atoms with E-state index in [1.165, 1.54) is 14.0 Å². The quantitative estimate of drug-likeness (QED) is 0.702. The van der Waals surface area contributed by atoms with E-state index < -0.39 is 0 Å². The molecule has 0 saturated carbocycles. The Balaban J connectivity index is 2.28. The molecule has 0 fully saturated rings. The highest BCUT2D eigenvalue weighted by atomic mass is 16.5. The van der Waals surface area contributed by atoms with E-state index in [2.05, 4.69) is 15.7 Å². The number of methoxy groups -OCH3 is 1. The van der Waals surface area contributed by atoms with Crippen molar-refractivity contribution in [3.63, 3.8) is 0 Å². The van der Waals surface area contributed by atoms with E-state index in [9.17, 15) is 9.59 Å². The molecule has 2 amide bonds. The van der Waals surface area contributed by atoms with Gasteiger partial charge in [0.05, 0.1) is 19.4 Å². The van der Waals surface area contributed by atoms with E-state index >= 15 is 0 Å². The monoisotopic (exact) mass is 374 g/mol. The van der Waals surface area contributed by atoms with Gasteiger partial charge in [-0.1, -0.05) is 13.8 Å². The number of carbonyl (C=O) groups excluding carboxylic acids is 2. The van der Waals surface area contributed by atoms with Crippen LogP contribution in [0.1, 0.15) is 44.0 Å². The van der Waals surface area contributed by atoms with Gasteiger partial charge >= 0.3 is 0 Å². The zero-order valence-corrected chi connectivity index (χ0v) is 16.2. The summed E-state index contributed by atoms with van der Waals surface area (Å²) in [5.41, 5.74) is 1.35. The van der Waals surface area contributed by atoms with Gasteiger partial charge in [0.1, 0.15) is 11.3 Å². The number of hydrogen-bond acceptors (Lipinski definition) is 5. The summed E-state index contributed by atoms with van der Waals surface area (Å²) < 4.78 is 12.6. The van der Waals surface area contributed by atoms with Crippen molar-refractivity contribution in [1.82, 2.24) is 9.78 Å². The molecule has 146 valence electrons. The maximum absolute atomic E-state index is 12.8. The van der Waals surface area contributed by atoms with Crippen LogP contribution in [0.4, 0.5) is 11.4 Å². The van der Waals surface area contributed by atoms with Crippen molar-refractivity contribution in [1.29, 1.82) is 0 Å². The molecule has 2 N–H and O–H groups in total. The summed E-state index contributed by atoms with van der Waals surface area (Å²) in [5.74, 6) is 0.226. The number of carbonyl (C=O) groups is 2. The first-order valence-electron chi connectivity index (χ1n) is 8.95. The lowest BCUT2D eigenvalue weighted by molar-refractivity contribution is -0.114. The fourth-order valence-electron chi connectivity index (χ4n) is 2.48. The summed E-state index contributed by atoms with van der Waals surface area (Å²) >= 11 is 0. The largest absolute Gasteiger partial charge is 0.495 e. The van der Waals surface area contributed by atoms with E-state index in [0.717, 1.165) is 12.8 Å². The van der Waals surface area contributed by atoms with Crippen molar-refractivity contribution in [3.8, 4) is 11.6 Å². The van der Waals surface area contributed by atoms with Gasteiger partial charge in [0.2, 0.25) is 11.8 Å². The molecule has 1 aromatic heterocycles. The summed E-state index contributed by atoms with van der Waals surface area (Å²) in [4.78, 5) is 24.1. The number of anilines is 2. The lowest BCUT2D eigenvalue weighted by Gasteiger charge is -2.12. The zero-order chi connectivity index (χ0) is 19.8. The minimum absolute atomic E-state index is 0.200. The molecule has 2 aromatic rings. The van der Waals surface area contributed by atoms with Gasteiger partial charge in [-0.05, 0) is 31.0 Å². The molecule has 0 aliphatic rings. The molecule has 0 bridgehead atoms. The molecule has 1 aromatic carbocycles. The van der Waals surface area contributed by atoms with E-state index in [0.29, 0.717) is 41.7 Å². The molecule has 0 spiro atoms. The molecule has 0 saturated heterocycles. The topological polar surface area (TPSA) is 94.5 Å². The minimum atomic E-state index is -0.360. The second-order valence-electron chi connectivity index (χ2n) is 6.01. The lowest BCUT2D eigenvalue weighted by atomic mass is 10.2. The van der Waals surface area contributed by atoms with Gasteiger partial charge in [-0.25, -0.2) is 0 Å². The smallest absolute Gasteiger partial charge is 0.262 e. The van der Waals surface area contributed by atoms with Crippen LogP contribution in [-0.4, -0.2) is 35.3 Å². The summed E-state index contributed by atoms with van der Waals surface area (Å²) in [7, 11) is 1.51. The van der Waals surface area contributed by atoms with Crippen LogP contribution in [0.15, 0.2) is 24.4 Å². The normalized spacial score (nSPS) is 10.4. The van der Waals surface area contributed by atoms with Crippen LogP contribution in [0.5, 0.6) is 11.6 Å². The Morgan fingerprint density at radius 1 is 1.19 bits per heavy atom. The zero-order valence-electron chi connectivity index (χ0n) is 16.2. The molecule has 1 heterocycles. The van der Waals surface area contributed by atoms with Crippen LogP contribution in [0.2, 0.25) is 0 Å². The maximum atomic E-state index is 12.8. The predicted octanol–water partition coefficient (Wildman–Crippen LogP) is 3.30. The van der Waals surface area contributed by atoms with Crippen LogP contribution >= 0.6 is 0 Å². The molecular weight excluding hydrogens is 348 g/mol. The Morgan fingerprint density at radius 3 is 2.59 bits per heavy atom. The van der Waals surface area contributed by atoms with Crippen LogP contribution in [0, 0.1) is 0 Å². The van der Waals surface area contributed by atoms with E-state index in [1.807, 2.05) is 13.8 Å². The average Bonchev–Trinajstić information content (AvgIpc) is 3.03. The Kier molecular flexibility index (Phi) is 7.22. The molecule has 2 rings (SSSR count). The van der Waals surface area contributed by atoms with Gasteiger partial charge in [-0.3, -0.25) is 14.3 Å². The highest BCUT2D eigenvalue weighted by Crippen LogP contribution is 2.29. The molecule has 0 unspecified atom stereocenters. The molecule has 0 aliphatic carbocycles. The Morgan fingerprint density at radius 2 is 1.96 bits per heavy atom. The summed E-state index contributed by atoms with van der Waals surface area (Å²) in [6, 6.07) is 5.02. The predicted molar refractivity (Wildman–Crippen MR) is 104 cm³/mol. The average molecular weight is 374 g/mol. The first-order valence-corrected chi connectivity index (χ1v) is 8.95. The van der Waals surface area contributed by atoms with Crippen LogP contribution < -0.4 is 20.1 Å². The van der Waals surface area contributed by atoms with Gasteiger partial charge in [-0.15, -0.1) is 5.10 Å². The third kappa shape index (κ3) is 5.47. The van der Waals surface area contributed by atoms with Crippen molar-refractivity contribution >= 4 is 23.2 Å². The maximum Gasteiger partial charge on any atom is 0.262 e. The third-order valence-corrected chi connectivity index (χ3v) is 3.64. The molecule has 0 radical (unpaired) electrons. The number of aromatic nitrogens is 2. The lowest BCUT2D eigenvalue weighted by Crippen LogP contribution is -2.14. The van der Waals surface area contributed by atoms with Gasteiger partial charge < -0.3 is 20.1 Å². The van der Waals surface area contributed by atoms with Gasteiger partial charge in [-0.2, -0.15) is 0 Å². The Labute approximate surface area is 158 Å². The third-order valence-electron chi connectivity index (χ3n) is 3.64. The second kappa shape index (κ2) is 9.61. The van der Waals surface area contributed by atoms with Crippen molar-refractivity contribution in [2.75, 3.05) is 24.4 Å². The van der Waals surface area contributed by atoms with Crippen LogP contribution in [-0.2, 0) is 11.3 Å². The first-order chi connectivity index (χ1) is 13.0. The highest BCUT2D eigenvalue weighted by Gasteiger charge is 2.19. The number of nitrogens with zero attached hydrogens (tertiary/aromatic N) is 2. The first kappa shape index (κ1) is 20.3. The second-order valence-corrected chi connectivity index (χ2v) is 6.01. The van der Waals surface area contributed by atoms with Crippen molar-refractivity contribution < 1.29 is 19.1 Å². The number of hydrogen-bond donors (Lipinski definition) is 2. The SMILES string of the molecule is CCCOc1nn(CCC)cc1C(=O)Nc1cc(NC(C)=O)ccc1OC. The van der Waals surface area contributed by atoms with Crippen molar-refractivity contribution in [2.45, 2.75) is 40.2 Å². The molecule has 0 aliphatic heterocycles.